The van der Waals surface area contributed by atoms with Gasteiger partial charge in [-0.2, -0.15) is 10.1 Å². The van der Waals surface area contributed by atoms with Crippen molar-refractivity contribution in [2.75, 3.05) is 5.32 Å². The van der Waals surface area contributed by atoms with E-state index in [1.54, 1.807) is 13.1 Å². The first-order chi connectivity index (χ1) is 10.1. The number of aromatic nitrogens is 3. The monoisotopic (exact) mass is 318 g/mol. The molecule has 1 amide bonds. The van der Waals surface area contributed by atoms with Crippen molar-refractivity contribution in [3.05, 3.63) is 52.6 Å². The van der Waals surface area contributed by atoms with E-state index < -0.39 is 0 Å². The minimum absolute atomic E-state index is 0.204. The molecule has 0 bridgehead atoms. The van der Waals surface area contributed by atoms with Crippen molar-refractivity contribution in [1.29, 1.82) is 0 Å². The van der Waals surface area contributed by atoms with E-state index in [2.05, 4.69) is 15.4 Å². The summed E-state index contributed by atoms with van der Waals surface area (Å²) >= 11 is 7.39. The van der Waals surface area contributed by atoms with Gasteiger partial charge >= 0.3 is 0 Å². The number of hydrogen-bond donors (Lipinski definition) is 1. The lowest BCUT2D eigenvalue weighted by Gasteiger charge is -2.01. The molecule has 0 aliphatic heterocycles. The Kier molecular flexibility index (Phi) is 3.72. The molecular formula is C14H11ClN4OS. The molecule has 0 saturated carbocycles. The van der Waals surface area contributed by atoms with Crippen LogP contribution in [0, 0.1) is 0 Å². The maximum Gasteiger partial charge on any atom is 0.268 e. The Labute approximate surface area is 130 Å². The zero-order valence-electron chi connectivity index (χ0n) is 11.1. The fourth-order valence-electron chi connectivity index (χ4n) is 1.83. The number of aryl methyl sites for hydroxylation is 1. The van der Waals surface area contributed by atoms with Crippen molar-refractivity contribution in [3.63, 3.8) is 0 Å². The molecule has 2 heterocycles. The first-order valence-corrected chi connectivity index (χ1v) is 7.34. The Morgan fingerprint density at radius 2 is 2.19 bits per heavy atom. The van der Waals surface area contributed by atoms with Gasteiger partial charge in [-0.25, -0.2) is 4.68 Å². The van der Waals surface area contributed by atoms with Crippen molar-refractivity contribution in [1.82, 2.24) is 14.8 Å². The SMILES string of the molecule is Cn1ncnc1NC(=O)c1ccc(-c2cccc(Cl)c2)s1. The van der Waals surface area contributed by atoms with E-state index in [0.29, 0.717) is 15.8 Å². The highest BCUT2D eigenvalue weighted by Crippen LogP contribution is 2.30. The molecule has 106 valence electrons. The van der Waals surface area contributed by atoms with Gasteiger partial charge in [-0.05, 0) is 29.8 Å². The van der Waals surface area contributed by atoms with E-state index in [-0.39, 0.29) is 5.91 Å². The minimum Gasteiger partial charge on any atom is -0.290 e. The second-order valence-electron chi connectivity index (χ2n) is 4.34. The van der Waals surface area contributed by atoms with Crippen molar-refractivity contribution < 1.29 is 4.79 Å². The molecular weight excluding hydrogens is 308 g/mol. The lowest BCUT2D eigenvalue weighted by molar-refractivity contribution is 0.102. The number of anilines is 1. The van der Waals surface area contributed by atoms with E-state index >= 15 is 0 Å². The van der Waals surface area contributed by atoms with E-state index in [1.165, 1.54) is 22.3 Å². The zero-order chi connectivity index (χ0) is 14.8. The number of nitrogens with zero attached hydrogens (tertiary/aromatic N) is 3. The zero-order valence-corrected chi connectivity index (χ0v) is 12.6. The van der Waals surface area contributed by atoms with E-state index in [1.807, 2.05) is 30.3 Å². The summed E-state index contributed by atoms with van der Waals surface area (Å²) in [4.78, 5) is 17.7. The molecule has 0 saturated heterocycles. The van der Waals surface area contributed by atoms with Crippen LogP contribution in [0.25, 0.3) is 10.4 Å². The highest BCUT2D eigenvalue weighted by molar-refractivity contribution is 7.17. The molecule has 1 aromatic carbocycles. The second-order valence-corrected chi connectivity index (χ2v) is 5.86. The predicted octanol–water partition coefficient (Wildman–Crippen LogP) is 3.45. The van der Waals surface area contributed by atoms with Crippen LogP contribution >= 0.6 is 22.9 Å². The van der Waals surface area contributed by atoms with Gasteiger partial charge in [-0.15, -0.1) is 11.3 Å². The lowest BCUT2D eigenvalue weighted by atomic mass is 10.2. The van der Waals surface area contributed by atoms with Crippen LogP contribution in [0.15, 0.2) is 42.7 Å². The van der Waals surface area contributed by atoms with Crippen molar-refractivity contribution in [3.8, 4) is 10.4 Å². The van der Waals surface area contributed by atoms with Crippen LogP contribution in [0.1, 0.15) is 9.67 Å². The third-order valence-electron chi connectivity index (χ3n) is 2.88. The summed E-state index contributed by atoms with van der Waals surface area (Å²) in [6, 6.07) is 11.2. The Hall–Kier alpha value is -2.18. The van der Waals surface area contributed by atoms with Gasteiger partial charge in [-0.1, -0.05) is 23.7 Å². The normalized spacial score (nSPS) is 10.6. The molecule has 0 aliphatic carbocycles. The first kappa shape index (κ1) is 13.8. The predicted molar refractivity (Wildman–Crippen MR) is 83.7 cm³/mol. The standard InChI is InChI=1S/C14H11ClN4OS/c1-19-14(16-8-17-19)18-13(20)12-6-5-11(21-12)9-3-2-4-10(15)7-9/h2-8H,1H3,(H,16,17,18,20). The molecule has 7 heteroatoms. The minimum atomic E-state index is -0.204. The van der Waals surface area contributed by atoms with Gasteiger partial charge in [-0.3, -0.25) is 10.1 Å². The number of hydrogen-bond acceptors (Lipinski definition) is 4. The highest BCUT2D eigenvalue weighted by Gasteiger charge is 2.12. The topological polar surface area (TPSA) is 59.8 Å². The van der Waals surface area contributed by atoms with Crippen LogP contribution < -0.4 is 5.32 Å². The summed E-state index contributed by atoms with van der Waals surface area (Å²) in [5.41, 5.74) is 0.991. The van der Waals surface area contributed by atoms with Gasteiger partial charge in [0.05, 0.1) is 4.88 Å². The molecule has 2 aromatic heterocycles. The van der Waals surface area contributed by atoms with Crippen LogP contribution in [0.5, 0.6) is 0 Å². The van der Waals surface area contributed by atoms with Gasteiger partial charge in [0.25, 0.3) is 5.91 Å². The average molecular weight is 319 g/mol. The summed E-state index contributed by atoms with van der Waals surface area (Å²) < 4.78 is 1.50. The van der Waals surface area contributed by atoms with Crippen molar-refractivity contribution >= 4 is 34.8 Å². The summed E-state index contributed by atoms with van der Waals surface area (Å²) in [6.07, 6.45) is 1.39. The number of benzene rings is 1. The number of carbonyl (C=O) groups excluding carboxylic acids is 1. The maximum absolute atomic E-state index is 12.2. The Bertz CT molecular complexity index is 796. The first-order valence-electron chi connectivity index (χ1n) is 6.14. The molecule has 0 atom stereocenters. The summed E-state index contributed by atoms with van der Waals surface area (Å²) in [5.74, 6) is 0.210. The second kappa shape index (κ2) is 5.67. The molecule has 0 aliphatic rings. The van der Waals surface area contributed by atoms with Crippen LogP contribution in [-0.4, -0.2) is 20.7 Å². The number of nitrogens with one attached hydrogen (secondary N) is 1. The number of thiophene rings is 1. The van der Waals surface area contributed by atoms with Gasteiger partial charge in [0.2, 0.25) is 5.95 Å². The van der Waals surface area contributed by atoms with E-state index in [4.69, 9.17) is 11.6 Å². The fraction of sp³-hybridized carbons (Fsp3) is 0.0714. The van der Waals surface area contributed by atoms with Crippen LogP contribution in [-0.2, 0) is 7.05 Å². The largest absolute Gasteiger partial charge is 0.290 e. The molecule has 0 fully saturated rings. The number of halogens is 1. The summed E-state index contributed by atoms with van der Waals surface area (Å²) in [6.45, 7) is 0. The molecule has 21 heavy (non-hydrogen) atoms. The molecule has 3 aromatic rings. The Morgan fingerprint density at radius 1 is 1.33 bits per heavy atom. The van der Waals surface area contributed by atoms with Crippen LogP contribution in [0.4, 0.5) is 5.95 Å². The van der Waals surface area contributed by atoms with Gasteiger partial charge in [0.15, 0.2) is 0 Å². The third kappa shape index (κ3) is 2.96. The Balaban J connectivity index is 1.82. The molecule has 5 nitrogen and oxygen atoms in total. The molecule has 1 N–H and O–H groups in total. The van der Waals surface area contributed by atoms with E-state index in [0.717, 1.165) is 10.4 Å². The maximum atomic E-state index is 12.2. The van der Waals surface area contributed by atoms with Gasteiger partial charge in [0, 0.05) is 16.9 Å². The smallest absolute Gasteiger partial charge is 0.268 e. The third-order valence-corrected chi connectivity index (χ3v) is 4.24. The van der Waals surface area contributed by atoms with Crippen LogP contribution in [0.3, 0.4) is 0 Å². The molecule has 0 unspecified atom stereocenters. The Morgan fingerprint density at radius 3 is 2.90 bits per heavy atom. The van der Waals surface area contributed by atoms with Crippen LogP contribution in [0.2, 0.25) is 5.02 Å². The quantitative estimate of drug-likeness (QED) is 0.804. The number of rotatable bonds is 3. The number of amides is 1. The lowest BCUT2D eigenvalue weighted by Crippen LogP contribution is -2.13. The fourth-order valence-corrected chi connectivity index (χ4v) is 2.92. The molecule has 0 spiro atoms. The average Bonchev–Trinajstić information content (AvgIpc) is 3.09. The highest BCUT2D eigenvalue weighted by atomic mass is 35.5. The van der Waals surface area contributed by atoms with Gasteiger partial charge < -0.3 is 0 Å². The summed E-state index contributed by atoms with van der Waals surface area (Å²) in [5, 5.41) is 7.30. The molecule has 0 radical (unpaired) electrons. The summed E-state index contributed by atoms with van der Waals surface area (Å²) in [7, 11) is 1.72. The molecule has 3 rings (SSSR count). The van der Waals surface area contributed by atoms with Crippen molar-refractivity contribution in [2.45, 2.75) is 0 Å². The van der Waals surface area contributed by atoms with E-state index in [9.17, 15) is 4.79 Å². The number of carbonyl (C=O) groups is 1. The van der Waals surface area contributed by atoms with Crippen molar-refractivity contribution in [2.24, 2.45) is 7.05 Å². The van der Waals surface area contributed by atoms with Gasteiger partial charge in [0.1, 0.15) is 6.33 Å².